The van der Waals surface area contributed by atoms with Gasteiger partial charge in [-0.2, -0.15) is 0 Å². The van der Waals surface area contributed by atoms with Crippen molar-refractivity contribution >= 4 is 11.7 Å². The largest absolute Gasteiger partial charge is 0.479 e. The topological polar surface area (TPSA) is 80.4 Å². The van der Waals surface area contributed by atoms with Gasteiger partial charge in [-0.25, -0.2) is 9.18 Å². The predicted octanol–water partition coefficient (Wildman–Crippen LogP) is 3.61. The number of rotatable bonds is 5. The van der Waals surface area contributed by atoms with Crippen molar-refractivity contribution in [1.29, 1.82) is 0 Å². The van der Waals surface area contributed by atoms with E-state index in [4.69, 9.17) is 5.11 Å². The molecule has 1 saturated carbocycles. The molecule has 0 spiro atoms. The van der Waals surface area contributed by atoms with Crippen molar-refractivity contribution < 1.29 is 19.2 Å². The Hall–Kier alpha value is -1.98. The second-order valence-electron chi connectivity index (χ2n) is 5.50. The van der Waals surface area contributed by atoms with Crippen molar-refractivity contribution in [1.82, 2.24) is 0 Å². The van der Waals surface area contributed by atoms with Crippen LogP contribution in [0.4, 0.5) is 10.1 Å². The molecule has 0 heterocycles. The molecule has 1 aliphatic rings. The monoisotopic (exact) mass is 295 g/mol. The van der Waals surface area contributed by atoms with E-state index in [-0.39, 0.29) is 18.0 Å². The minimum Gasteiger partial charge on any atom is -0.479 e. The third kappa shape index (κ3) is 3.77. The Morgan fingerprint density at radius 1 is 1.38 bits per heavy atom. The summed E-state index contributed by atoms with van der Waals surface area (Å²) in [5.41, 5.74) is 1.02. The van der Waals surface area contributed by atoms with Crippen molar-refractivity contribution in [3.05, 3.63) is 39.4 Å². The smallest absolute Gasteiger partial charge is 0.338 e. The number of carbonyl (C=O) groups is 1. The second-order valence-corrected chi connectivity index (χ2v) is 5.50. The van der Waals surface area contributed by atoms with Crippen LogP contribution in [-0.2, 0) is 11.2 Å². The molecule has 1 fully saturated rings. The molecule has 0 aliphatic heterocycles. The number of benzene rings is 1. The fourth-order valence-corrected chi connectivity index (χ4v) is 2.93. The lowest BCUT2D eigenvalue weighted by Gasteiger charge is -2.22. The van der Waals surface area contributed by atoms with E-state index in [1.807, 2.05) is 0 Å². The van der Waals surface area contributed by atoms with Gasteiger partial charge in [0.2, 0.25) is 6.17 Å². The maximum absolute atomic E-state index is 13.2. The molecule has 1 aliphatic carbocycles. The number of hydrogen-bond donors (Lipinski definition) is 1. The van der Waals surface area contributed by atoms with Crippen molar-refractivity contribution in [2.75, 3.05) is 0 Å². The van der Waals surface area contributed by atoms with Crippen molar-refractivity contribution in [2.24, 2.45) is 0 Å². The molecule has 1 aromatic carbocycles. The summed E-state index contributed by atoms with van der Waals surface area (Å²) in [5.74, 6) is -1.37. The maximum Gasteiger partial charge on any atom is 0.338 e. The normalized spacial score (nSPS) is 17.4. The molecule has 1 atom stereocenters. The number of nitrogens with zero attached hydrogens (tertiary/aromatic N) is 1. The molecule has 0 aromatic heterocycles. The zero-order valence-electron chi connectivity index (χ0n) is 11.6. The van der Waals surface area contributed by atoms with E-state index in [0.717, 1.165) is 32.1 Å². The number of carboxylic acids is 1. The molecule has 0 amide bonds. The van der Waals surface area contributed by atoms with E-state index in [1.165, 1.54) is 6.07 Å². The van der Waals surface area contributed by atoms with Gasteiger partial charge < -0.3 is 5.11 Å². The number of nitro groups is 1. The molecule has 0 bridgehead atoms. The number of hydrogen-bond acceptors (Lipinski definition) is 3. The lowest BCUT2D eigenvalue weighted by molar-refractivity contribution is -0.385. The van der Waals surface area contributed by atoms with Gasteiger partial charge in [-0.15, -0.1) is 0 Å². The molecule has 2 rings (SSSR count). The van der Waals surface area contributed by atoms with Gasteiger partial charge in [0, 0.05) is 18.1 Å². The van der Waals surface area contributed by atoms with Crippen LogP contribution in [0.15, 0.2) is 18.2 Å². The highest BCUT2D eigenvalue weighted by Gasteiger charge is 2.25. The predicted molar refractivity (Wildman–Crippen MR) is 75.2 cm³/mol. The van der Waals surface area contributed by atoms with Crippen LogP contribution >= 0.6 is 0 Å². The van der Waals surface area contributed by atoms with Gasteiger partial charge in [-0.3, -0.25) is 10.1 Å². The molecule has 6 heteroatoms. The lowest BCUT2D eigenvalue weighted by atomic mass is 9.83. The standard InChI is InChI=1S/C15H18FNO4/c16-13(15(18)19)8-10-6-7-12(14(9-10)17(20)21)11-4-2-1-3-5-11/h6-7,9,11,13H,1-5,8H2,(H,18,19). The average molecular weight is 295 g/mol. The Kier molecular flexibility index (Phi) is 4.88. The number of carboxylic acid groups (broad SMARTS) is 1. The molecule has 0 saturated heterocycles. The quantitative estimate of drug-likeness (QED) is 0.664. The summed E-state index contributed by atoms with van der Waals surface area (Å²) in [6.07, 6.45) is 2.77. The molecule has 114 valence electrons. The number of aliphatic carboxylic acids is 1. The van der Waals surface area contributed by atoms with Gasteiger partial charge in [0.25, 0.3) is 5.69 Å². The second kappa shape index (κ2) is 6.65. The summed E-state index contributed by atoms with van der Waals surface area (Å²) in [7, 11) is 0. The first-order chi connectivity index (χ1) is 9.99. The highest BCUT2D eigenvalue weighted by Crippen LogP contribution is 2.37. The minimum atomic E-state index is -2.04. The molecule has 0 radical (unpaired) electrons. The summed E-state index contributed by atoms with van der Waals surface area (Å²) in [6, 6.07) is 4.59. The van der Waals surface area contributed by atoms with Crippen LogP contribution in [0.1, 0.15) is 49.1 Å². The molecule has 5 nitrogen and oxygen atoms in total. The van der Waals surface area contributed by atoms with Gasteiger partial charge in [0.1, 0.15) is 0 Å². The van der Waals surface area contributed by atoms with E-state index >= 15 is 0 Å². The van der Waals surface area contributed by atoms with Crippen LogP contribution in [0.25, 0.3) is 0 Å². The maximum atomic E-state index is 13.2. The Morgan fingerprint density at radius 2 is 2.05 bits per heavy atom. The number of alkyl halides is 1. The summed E-state index contributed by atoms with van der Waals surface area (Å²) in [5, 5.41) is 19.8. The molecular formula is C15H18FNO4. The third-order valence-corrected chi connectivity index (χ3v) is 4.02. The first-order valence-electron chi connectivity index (χ1n) is 7.13. The van der Waals surface area contributed by atoms with Gasteiger partial charge in [0.15, 0.2) is 0 Å². The molecule has 1 unspecified atom stereocenters. The van der Waals surface area contributed by atoms with Gasteiger partial charge in [-0.1, -0.05) is 31.4 Å². The van der Waals surface area contributed by atoms with Gasteiger partial charge in [0.05, 0.1) is 4.92 Å². The Labute approximate surface area is 121 Å². The van der Waals surface area contributed by atoms with E-state index < -0.39 is 17.1 Å². The minimum absolute atomic E-state index is 0.0167. The zero-order chi connectivity index (χ0) is 15.4. The van der Waals surface area contributed by atoms with Crippen LogP contribution in [0.3, 0.4) is 0 Å². The highest BCUT2D eigenvalue weighted by atomic mass is 19.1. The Morgan fingerprint density at radius 3 is 2.62 bits per heavy atom. The fourth-order valence-electron chi connectivity index (χ4n) is 2.93. The van der Waals surface area contributed by atoms with Crippen molar-refractivity contribution in [3.63, 3.8) is 0 Å². The van der Waals surface area contributed by atoms with E-state index in [1.54, 1.807) is 12.1 Å². The van der Waals surface area contributed by atoms with Crippen LogP contribution in [0.5, 0.6) is 0 Å². The fraction of sp³-hybridized carbons (Fsp3) is 0.533. The molecular weight excluding hydrogens is 277 g/mol. The van der Waals surface area contributed by atoms with Crippen LogP contribution in [0, 0.1) is 10.1 Å². The van der Waals surface area contributed by atoms with E-state index in [2.05, 4.69) is 0 Å². The van der Waals surface area contributed by atoms with Crippen LogP contribution < -0.4 is 0 Å². The SMILES string of the molecule is O=C(O)C(F)Cc1ccc(C2CCCCC2)c([N+](=O)[O-])c1. The summed E-state index contributed by atoms with van der Waals surface area (Å²) in [6.45, 7) is 0. The average Bonchev–Trinajstić information content (AvgIpc) is 2.47. The molecule has 1 N–H and O–H groups in total. The summed E-state index contributed by atoms with van der Waals surface area (Å²) >= 11 is 0. The first kappa shape index (κ1) is 15.4. The van der Waals surface area contributed by atoms with Gasteiger partial charge >= 0.3 is 5.97 Å². The van der Waals surface area contributed by atoms with Crippen molar-refractivity contribution in [2.45, 2.75) is 50.6 Å². The molecule has 21 heavy (non-hydrogen) atoms. The van der Waals surface area contributed by atoms with Gasteiger partial charge in [-0.05, 0) is 24.3 Å². The van der Waals surface area contributed by atoms with Crippen molar-refractivity contribution in [3.8, 4) is 0 Å². The summed E-state index contributed by atoms with van der Waals surface area (Å²) in [4.78, 5) is 21.3. The van der Waals surface area contributed by atoms with E-state index in [0.29, 0.717) is 11.1 Å². The highest BCUT2D eigenvalue weighted by molar-refractivity contribution is 5.72. The Balaban J connectivity index is 2.26. The van der Waals surface area contributed by atoms with E-state index in [9.17, 15) is 19.3 Å². The van der Waals surface area contributed by atoms with Crippen LogP contribution in [-0.4, -0.2) is 22.2 Å². The number of halogens is 1. The first-order valence-corrected chi connectivity index (χ1v) is 7.13. The van der Waals surface area contributed by atoms with Crippen LogP contribution in [0.2, 0.25) is 0 Å². The number of nitro benzene ring substituents is 1. The molecule has 1 aromatic rings. The Bertz CT molecular complexity index is 540. The zero-order valence-corrected chi connectivity index (χ0v) is 11.6. The third-order valence-electron chi connectivity index (χ3n) is 4.02. The summed E-state index contributed by atoms with van der Waals surface area (Å²) < 4.78 is 13.2. The lowest BCUT2D eigenvalue weighted by Crippen LogP contribution is -2.17.